The summed E-state index contributed by atoms with van der Waals surface area (Å²) in [7, 11) is 1.64. The molecule has 5 heteroatoms. The van der Waals surface area contributed by atoms with Crippen LogP contribution in [0.2, 0.25) is 0 Å². The summed E-state index contributed by atoms with van der Waals surface area (Å²) in [5.41, 5.74) is 5.35. The van der Waals surface area contributed by atoms with E-state index >= 15 is 0 Å². The molecule has 2 aromatic rings. The van der Waals surface area contributed by atoms with Crippen molar-refractivity contribution < 1.29 is 14.3 Å². The molecular formula is C27H32N2O3. The second-order valence-electron chi connectivity index (χ2n) is 9.05. The van der Waals surface area contributed by atoms with Crippen LogP contribution in [0.5, 0.6) is 5.75 Å². The Morgan fingerprint density at radius 3 is 2.25 bits per heavy atom. The van der Waals surface area contributed by atoms with E-state index in [0.29, 0.717) is 30.2 Å². The molecule has 0 aromatic heterocycles. The predicted molar refractivity (Wildman–Crippen MR) is 126 cm³/mol. The lowest BCUT2D eigenvalue weighted by atomic mass is 9.96. The predicted octanol–water partition coefficient (Wildman–Crippen LogP) is 4.37. The fourth-order valence-corrected chi connectivity index (χ4v) is 4.48. The van der Waals surface area contributed by atoms with Gasteiger partial charge in [0.15, 0.2) is 0 Å². The van der Waals surface area contributed by atoms with Crippen LogP contribution in [0, 0.1) is 19.8 Å². The van der Waals surface area contributed by atoms with Gasteiger partial charge in [0, 0.05) is 19.6 Å². The molecule has 2 heterocycles. The van der Waals surface area contributed by atoms with E-state index in [4.69, 9.17) is 4.74 Å². The summed E-state index contributed by atoms with van der Waals surface area (Å²) in [4.78, 5) is 30.7. The van der Waals surface area contributed by atoms with Crippen molar-refractivity contribution in [2.75, 3.05) is 26.7 Å². The number of imide groups is 1. The van der Waals surface area contributed by atoms with Gasteiger partial charge in [0.1, 0.15) is 11.4 Å². The molecular weight excluding hydrogens is 400 g/mol. The van der Waals surface area contributed by atoms with Gasteiger partial charge in [-0.1, -0.05) is 37.3 Å². The summed E-state index contributed by atoms with van der Waals surface area (Å²) in [6.07, 6.45) is 2.69. The number of hydrogen-bond donors (Lipinski definition) is 0. The van der Waals surface area contributed by atoms with E-state index in [-0.39, 0.29) is 11.8 Å². The second-order valence-corrected chi connectivity index (χ2v) is 9.05. The summed E-state index contributed by atoms with van der Waals surface area (Å²) in [6.45, 7) is 8.35. The summed E-state index contributed by atoms with van der Waals surface area (Å²) in [5.74, 6) is 1.10. The van der Waals surface area contributed by atoms with Crippen LogP contribution in [0.1, 0.15) is 42.0 Å². The number of piperidine rings is 1. The van der Waals surface area contributed by atoms with E-state index in [1.807, 2.05) is 49.4 Å². The van der Waals surface area contributed by atoms with Crippen molar-refractivity contribution in [3.63, 3.8) is 0 Å². The maximum atomic E-state index is 13.6. The molecule has 4 rings (SSSR count). The minimum atomic E-state index is -0.180. The number of benzene rings is 2. The molecule has 2 aliphatic rings. The third-order valence-corrected chi connectivity index (χ3v) is 6.82. The third kappa shape index (κ3) is 4.29. The first kappa shape index (κ1) is 22.1. The van der Waals surface area contributed by atoms with Crippen LogP contribution in [0.15, 0.2) is 48.2 Å². The molecule has 0 atom stereocenters. The largest absolute Gasteiger partial charge is 0.497 e. The van der Waals surface area contributed by atoms with Crippen molar-refractivity contribution in [3.05, 3.63) is 70.4 Å². The SMILES string of the molecule is COc1ccc(CCN2C(=O)C(c3ccc(C)c(C)c3)=C(N3CCC(C)CC3)C2=O)cc1. The number of rotatable bonds is 6. The van der Waals surface area contributed by atoms with Crippen molar-refractivity contribution >= 4 is 17.4 Å². The van der Waals surface area contributed by atoms with Gasteiger partial charge in [-0.25, -0.2) is 0 Å². The Kier molecular flexibility index (Phi) is 6.35. The maximum Gasteiger partial charge on any atom is 0.277 e. The molecule has 2 aliphatic heterocycles. The molecule has 5 nitrogen and oxygen atoms in total. The number of amides is 2. The molecule has 0 unspecified atom stereocenters. The number of aryl methyl sites for hydroxylation is 2. The van der Waals surface area contributed by atoms with E-state index in [9.17, 15) is 9.59 Å². The fraction of sp³-hybridized carbons (Fsp3) is 0.407. The van der Waals surface area contributed by atoms with Gasteiger partial charge in [0.05, 0.1) is 12.7 Å². The highest BCUT2D eigenvalue weighted by Gasteiger charge is 2.41. The van der Waals surface area contributed by atoms with Gasteiger partial charge >= 0.3 is 0 Å². The maximum absolute atomic E-state index is 13.6. The number of methoxy groups -OCH3 is 1. The Morgan fingerprint density at radius 2 is 1.62 bits per heavy atom. The summed E-state index contributed by atoms with van der Waals surface area (Å²) in [6, 6.07) is 13.8. The molecule has 2 amide bonds. The molecule has 32 heavy (non-hydrogen) atoms. The lowest BCUT2D eigenvalue weighted by Gasteiger charge is -2.32. The van der Waals surface area contributed by atoms with Gasteiger partial charge in [-0.3, -0.25) is 14.5 Å². The highest BCUT2D eigenvalue weighted by Crippen LogP contribution is 2.34. The quantitative estimate of drug-likeness (QED) is 0.636. The van der Waals surface area contributed by atoms with Crippen LogP contribution >= 0.6 is 0 Å². The Balaban J connectivity index is 1.63. The Hall–Kier alpha value is -3.08. The minimum absolute atomic E-state index is 0.161. The van der Waals surface area contributed by atoms with Crippen LogP contribution < -0.4 is 4.74 Å². The molecule has 0 radical (unpaired) electrons. The van der Waals surface area contributed by atoms with Gasteiger partial charge in [0.2, 0.25) is 0 Å². The molecule has 1 saturated heterocycles. The van der Waals surface area contributed by atoms with Crippen molar-refractivity contribution in [1.29, 1.82) is 0 Å². The molecule has 0 N–H and O–H groups in total. The monoisotopic (exact) mass is 432 g/mol. The van der Waals surface area contributed by atoms with Gasteiger partial charge < -0.3 is 9.64 Å². The third-order valence-electron chi connectivity index (χ3n) is 6.82. The first-order valence-corrected chi connectivity index (χ1v) is 11.4. The number of carbonyl (C=O) groups is 2. The molecule has 168 valence electrons. The van der Waals surface area contributed by atoms with Crippen LogP contribution in [0.4, 0.5) is 0 Å². The Bertz CT molecular complexity index is 1050. The number of hydrogen-bond acceptors (Lipinski definition) is 4. The van der Waals surface area contributed by atoms with Crippen LogP contribution in [0.25, 0.3) is 5.57 Å². The van der Waals surface area contributed by atoms with Crippen molar-refractivity contribution in [2.24, 2.45) is 5.92 Å². The van der Waals surface area contributed by atoms with Gasteiger partial charge in [-0.05, 0) is 73.4 Å². The lowest BCUT2D eigenvalue weighted by molar-refractivity contribution is -0.137. The first-order valence-electron chi connectivity index (χ1n) is 11.4. The average molecular weight is 433 g/mol. The van der Waals surface area contributed by atoms with Crippen LogP contribution in [-0.2, 0) is 16.0 Å². The minimum Gasteiger partial charge on any atom is -0.497 e. The highest BCUT2D eigenvalue weighted by molar-refractivity contribution is 6.35. The second kappa shape index (κ2) is 9.19. The number of likely N-dealkylation sites (tertiary alicyclic amines) is 1. The summed E-state index contributed by atoms with van der Waals surface area (Å²) >= 11 is 0. The zero-order valence-electron chi connectivity index (χ0n) is 19.5. The Morgan fingerprint density at radius 1 is 0.938 bits per heavy atom. The van der Waals surface area contributed by atoms with E-state index in [1.54, 1.807) is 7.11 Å². The smallest absolute Gasteiger partial charge is 0.277 e. The zero-order valence-corrected chi connectivity index (χ0v) is 19.5. The van der Waals surface area contributed by atoms with Crippen LogP contribution in [-0.4, -0.2) is 48.4 Å². The molecule has 0 saturated carbocycles. The van der Waals surface area contributed by atoms with E-state index in [1.165, 1.54) is 10.5 Å². The van der Waals surface area contributed by atoms with Gasteiger partial charge in [-0.2, -0.15) is 0 Å². The summed E-state index contributed by atoms with van der Waals surface area (Å²) < 4.78 is 5.22. The van der Waals surface area contributed by atoms with Gasteiger partial charge in [-0.15, -0.1) is 0 Å². The fourth-order valence-electron chi connectivity index (χ4n) is 4.48. The lowest BCUT2D eigenvalue weighted by Crippen LogP contribution is -2.39. The number of carbonyl (C=O) groups excluding carboxylic acids is 2. The normalized spacial score (nSPS) is 17.5. The van der Waals surface area contributed by atoms with E-state index < -0.39 is 0 Å². The number of ether oxygens (including phenoxy) is 1. The first-order chi connectivity index (χ1) is 15.4. The van der Waals surface area contributed by atoms with E-state index in [0.717, 1.165) is 48.4 Å². The molecule has 2 aromatic carbocycles. The Labute approximate surface area is 190 Å². The molecule has 0 spiro atoms. The topological polar surface area (TPSA) is 49.9 Å². The number of nitrogens with zero attached hydrogens (tertiary/aromatic N) is 2. The van der Waals surface area contributed by atoms with Gasteiger partial charge in [0.25, 0.3) is 11.8 Å². The molecule has 0 bridgehead atoms. The highest BCUT2D eigenvalue weighted by atomic mass is 16.5. The molecule has 1 fully saturated rings. The average Bonchev–Trinajstić information content (AvgIpc) is 3.05. The molecule has 0 aliphatic carbocycles. The van der Waals surface area contributed by atoms with Crippen molar-refractivity contribution in [3.8, 4) is 5.75 Å². The zero-order chi connectivity index (χ0) is 22.8. The summed E-state index contributed by atoms with van der Waals surface area (Å²) in [5, 5.41) is 0. The van der Waals surface area contributed by atoms with Crippen LogP contribution in [0.3, 0.4) is 0 Å². The standard InChI is InChI=1S/C27H32N2O3/c1-18-11-14-28(15-12-18)25-24(22-8-5-19(2)20(3)17-22)26(30)29(27(25)31)16-13-21-6-9-23(32-4)10-7-21/h5-10,17-18H,11-16H2,1-4H3. The van der Waals surface area contributed by atoms with E-state index in [2.05, 4.69) is 18.7 Å². The van der Waals surface area contributed by atoms with Crippen molar-refractivity contribution in [2.45, 2.75) is 40.0 Å². The van der Waals surface area contributed by atoms with Crippen molar-refractivity contribution in [1.82, 2.24) is 9.80 Å².